The van der Waals surface area contributed by atoms with Gasteiger partial charge >= 0.3 is 5.97 Å². The first-order valence-corrected chi connectivity index (χ1v) is 11.2. The quantitative estimate of drug-likeness (QED) is 0.405. The number of rotatable bonds is 6. The average Bonchev–Trinajstić information content (AvgIpc) is 2.74. The molecule has 7 heteroatoms. The number of aryl methyl sites for hydroxylation is 1. The van der Waals surface area contributed by atoms with Gasteiger partial charge in [-0.3, -0.25) is 4.79 Å². The summed E-state index contributed by atoms with van der Waals surface area (Å²) in [6.07, 6.45) is 3.11. The molecule has 0 spiro atoms. The van der Waals surface area contributed by atoms with Crippen LogP contribution in [0.1, 0.15) is 58.9 Å². The lowest BCUT2D eigenvalue weighted by atomic mass is 10.1. The number of nitrogens with zero attached hydrogens (tertiary/aromatic N) is 1. The number of Topliss-reactive ketones (excluding diaryl/α,β-unsaturated/α-hetero) is 1. The van der Waals surface area contributed by atoms with Crippen LogP contribution in [0.2, 0.25) is 0 Å². The maximum Gasteiger partial charge on any atom is 0.343 e. The SMILES string of the molecule is CCC(=O)c1ccc(OC(=O)c2ccc(C)c(S(=O)(=O)N3CCCCC3)c2)cc1. The second kappa shape index (κ2) is 8.88. The summed E-state index contributed by atoms with van der Waals surface area (Å²) in [6.45, 7) is 4.50. The average molecular weight is 416 g/mol. The first-order valence-electron chi connectivity index (χ1n) is 9.79. The summed E-state index contributed by atoms with van der Waals surface area (Å²) in [5, 5.41) is 0. The minimum atomic E-state index is -3.65. The van der Waals surface area contributed by atoms with Gasteiger partial charge in [0.1, 0.15) is 5.75 Å². The number of carbonyl (C=O) groups is 2. The van der Waals surface area contributed by atoms with E-state index in [1.807, 2.05) is 0 Å². The number of carbonyl (C=O) groups excluding carboxylic acids is 2. The lowest BCUT2D eigenvalue weighted by molar-refractivity contribution is 0.0734. The Morgan fingerprint density at radius 2 is 1.59 bits per heavy atom. The number of esters is 1. The van der Waals surface area contributed by atoms with Crippen molar-refractivity contribution in [1.29, 1.82) is 0 Å². The van der Waals surface area contributed by atoms with Crippen LogP contribution in [0.4, 0.5) is 0 Å². The topological polar surface area (TPSA) is 80.8 Å². The lowest BCUT2D eigenvalue weighted by Crippen LogP contribution is -2.36. The minimum Gasteiger partial charge on any atom is -0.423 e. The Kier molecular flexibility index (Phi) is 6.49. The molecule has 1 saturated heterocycles. The molecule has 0 saturated carbocycles. The molecule has 6 nitrogen and oxygen atoms in total. The third kappa shape index (κ3) is 4.74. The Bertz CT molecular complexity index is 1010. The van der Waals surface area contributed by atoms with Gasteiger partial charge in [-0.2, -0.15) is 4.31 Å². The highest BCUT2D eigenvalue weighted by Gasteiger charge is 2.28. The molecule has 0 radical (unpaired) electrons. The van der Waals surface area contributed by atoms with Crippen LogP contribution >= 0.6 is 0 Å². The van der Waals surface area contributed by atoms with Gasteiger partial charge in [0.25, 0.3) is 0 Å². The molecule has 2 aromatic carbocycles. The molecule has 0 aliphatic carbocycles. The van der Waals surface area contributed by atoms with Crippen molar-refractivity contribution in [3.8, 4) is 5.75 Å². The van der Waals surface area contributed by atoms with E-state index in [9.17, 15) is 18.0 Å². The summed E-state index contributed by atoms with van der Waals surface area (Å²) in [4.78, 5) is 24.4. The number of hydrogen-bond acceptors (Lipinski definition) is 5. The molecule has 3 rings (SSSR count). The lowest BCUT2D eigenvalue weighted by Gasteiger charge is -2.26. The van der Waals surface area contributed by atoms with Gasteiger partial charge in [-0.25, -0.2) is 13.2 Å². The number of piperidine rings is 1. The molecule has 1 heterocycles. The molecule has 0 amide bonds. The fraction of sp³-hybridized carbons (Fsp3) is 0.364. The van der Waals surface area contributed by atoms with Gasteiger partial charge < -0.3 is 4.74 Å². The molecule has 154 valence electrons. The Morgan fingerprint density at radius 1 is 0.966 bits per heavy atom. The molecule has 0 bridgehead atoms. The fourth-order valence-corrected chi connectivity index (χ4v) is 5.10. The van der Waals surface area contributed by atoms with E-state index in [0.29, 0.717) is 36.4 Å². The van der Waals surface area contributed by atoms with Crippen molar-refractivity contribution >= 4 is 21.8 Å². The molecule has 1 aliphatic rings. The molecular weight excluding hydrogens is 390 g/mol. The van der Waals surface area contributed by atoms with Crippen LogP contribution in [0, 0.1) is 6.92 Å². The fourth-order valence-electron chi connectivity index (χ4n) is 3.33. The summed E-state index contributed by atoms with van der Waals surface area (Å²) in [6, 6.07) is 10.9. The first kappa shape index (κ1) is 21.2. The Hall–Kier alpha value is -2.51. The summed E-state index contributed by atoms with van der Waals surface area (Å²) < 4.78 is 32.9. The molecule has 29 heavy (non-hydrogen) atoms. The van der Waals surface area contributed by atoms with E-state index in [-0.39, 0.29) is 16.2 Å². The van der Waals surface area contributed by atoms with Gasteiger partial charge in [0, 0.05) is 25.1 Å². The maximum atomic E-state index is 13.0. The number of sulfonamides is 1. The second-order valence-corrected chi connectivity index (χ2v) is 9.04. The van der Waals surface area contributed by atoms with E-state index in [2.05, 4.69) is 0 Å². The third-order valence-corrected chi connectivity index (χ3v) is 7.11. The zero-order valence-electron chi connectivity index (χ0n) is 16.7. The van der Waals surface area contributed by atoms with Crippen LogP contribution in [0.15, 0.2) is 47.4 Å². The van der Waals surface area contributed by atoms with Crippen molar-refractivity contribution in [2.24, 2.45) is 0 Å². The van der Waals surface area contributed by atoms with Crippen molar-refractivity contribution in [2.75, 3.05) is 13.1 Å². The van der Waals surface area contributed by atoms with Gasteiger partial charge in [0.15, 0.2) is 5.78 Å². The third-order valence-electron chi connectivity index (χ3n) is 5.06. The molecule has 0 N–H and O–H groups in total. The summed E-state index contributed by atoms with van der Waals surface area (Å²) in [5.74, 6) is -0.340. The van der Waals surface area contributed by atoms with Crippen LogP contribution in [-0.4, -0.2) is 37.6 Å². The van der Waals surface area contributed by atoms with E-state index in [4.69, 9.17) is 4.74 Å². The van der Waals surface area contributed by atoms with E-state index in [1.165, 1.54) is 10.4 Å². The van der Waals surface area contributed by atoms with E-state index in [1.54, 1.807) is 50.2 Å². The van der Waals surface area contributed by atoms with Crippen molar-refractivity contribution in [1.82, 2.24) is 4.31 Å². The highest BCUT2D eigenvalue weighted by atomic mass is 32.2. The number of benzene rings is 2. The van der Waals surface area contributed by atoms with E-state index >= 15 is 0 Å². The smallest absolute Gasteiger partial charge is 0.343 e. The molecule has 1 fully saturated rings. The van der Waals surface area contributed by atoms with E-state index in [0.717, 1.165) is 19.3 Å². The molecular formula is C22H25NO5S. The molecule has 0 unspecified atom stereocenters. The highest BCUT2D eigenvalue weighted by molar-refractivity contribution is 7.89. The monoisotopic (exact) mass is 415 g/mol. The van der Waals surface area contributed by atoms with Crippen molar-refractivity contribution in [3.05, 3.63) is 59.2 Å². The largest absolute Gasteiger partial charge is 0.423 e. The Balaban J connectivity index is 1.81. The number of ketones is 1. The van der Waals surface area contributed by atoms with Gasteiger partial charge in [-0.1, -0.05) is 19.4 Å². The van der Waals surface area contributed by atoms with Crippen LogP contribution in [-0.2, 0) is 10.0 Å². The van der Waals surface area contributed by atoms with Crippen LogP contribution < -0.4 is 4.74 Å². The maximum absolute atomic E-state index is 13.0. The molecule has 0 aromatic heterocycles. The van der Waals surface area contributed by atoms with Crippen molar-refractivity contribution < 1.29 is 22.7 Å². The Morgan fingerprint density at radius 3 is 2.21 bits per heavy atom. The van der Waals surface area contributed by atoms with Crippen molar-refractivity contribution in [3.63, 3.8) is 0 Å². The number of ether oxygens (including phenoxy) is 1. The van der Waals surface area contributed by atoms with Crippen molar-refractivity contribution in [2.45, 2.75) is 44.4 Å². The van der Waals surface area contributed by atoms with Gasteiger partial charge in [-0.15, -0.1) is 0 Å². The van der Waals surface area contributed by atoms with Crippen LogP contribution in [0.25, 0.3) is 0 Å². The second-order valence-electron chi connectivity index (χ2n) is 7.14. The highest BCUT2D eigenvalue weighted by Crippen LogP contribution is 2.25. The normalized spacial score (nSPS) is 15.1. The summed E-state index contributed by atoms with van der Waals surface area (Å²) in [5.41, 5.74) is 1.31. The predicted octanol–water partition coefficient (Wildman–Crippen LogP) is 3.98. The minimum absolute atomic E-state index is 0.00831. The summed E-state index contributed by atoms with van der Waals surface area (Å²) >= 11 is 0. The molecule has 2 aromatic rings. The summed E-state index contributed by atoms with van der Waals surface area (Å²) in [7, 11) is -3.65. The van der Waals surface area contributed by atoms with Crippen LogP contribution in [0.5, 0.6) is 5.75 Å². The zero-order chi connectivity index (χ0) is 21.0. The standard InChI is InChI=1S/C22H25NO5S/c1-3-20(24)17-9-11-19(12-10-17)28-22(25)18-8-7-16(2)21(15-18)29(26,27)23-13-5-4-6-14-23/h7-12,15H,3-6,13-14H2,1-2H3. The molecule has 0 atom stereocenters. The van der Waals surface area contributed by atoms with Gasteiger partial charge in [0.2, 0.25) is 10.0 Å². The van der Waals surface area contributed by atoms with E-state index < -0.39 is 16.0 Å². The Labute approximate surface area is 171 Å². The first-order chi connectivity index (χ1) is 13.8. The number of hydrogen-bond donors (Lipinski definition) is 0. The zero-order valence-corrected chi connectivity index (χ0v) is 17.5. The van der Waals surface area contributed by atoms with Crippen LogP contribution in [0.3, 0.4) is 0 Å². The molecule has 1 aliphatic heterocycles. The van der Waals surface area contributed by atoms with Gasteiger partial charge in [0.05, 0.1) is 10.5 Å². The predicted molar refractivity (Wildman–Crippen MR) is 110 cm³/mol. The van der Waals surface area contributed by atoms with Gasteiger partial charge in [-0.05, 0) is 61.7 Å².